The molecule has 1 atom stereocenters. The molecule has 1 aliphatic heterocycles. The fourth-order valence-corrected chi connectivity index (χ4v) is 4.35. The molecule has 0 aromatic heterocycles. The molecule has 138 valence electrons. The molecule has 5 nitrogen and oxygen atoms in total. The molecule has 1 fully saturated rings. The number of para-hydroxylation sites is 1. The number of ether oxygens (including phenoxy) is 2. The van der Waals surface area contributed by atoms with E-state index < -0.39 is 0 Å². The molecule has 0 saturated carbocycles. The van der Waals surface area contributed by atoms with Gasteiger partial charge in [-0.05, 0) is 42.7 Å². The van der Waals surface area contributed by atoms with E-state index in [0.29, 0.717) is 6.54 Å². The van der Waals surface area contributed by atoms with Crippen molar-refractivity contribution in [2.24, 2.45) is 0 Å². The number of nitrogens with zero attached hydrogens (tertiary/aromatic N) is 1. The van der Waals surface area contributed by atoms with Crippen LogP contribution in [0.3, 0.4) is 0 Å². The van der Waals surface area contributed by atoms with Crippen LogP contribution in [0.1, 0.15) is 22.1 Å². The molecule has 2 aromatic rings. The Morgan fingerprint density at radius 2 is 1.73 bits per heavy atom. The van der Waals surface area contributed by atoms with Gasteiger partial charge < -0.3 is 19.7 Å². The minimum absolute atomic E-state index is 0.0664. The molecule has 0 unspecified atom stereocenters. The molecular weight excluding hydrogens is 348 g/mol. The van der Waals surface area contributed by atoms with Crippen molar-refractivity contribution in [2.45, 2.75) is 19.2 Å². The second kappa shape index (κ2) is 7.91. The van der Waals surface area contributed by atoms with E-state index in [1.165, 1.54) is 0 Å². The van der Waals surface area contributed by atoms with Gasteiger partial charge in [0.15, 0.2) is 0 Å². The van der Waals surface area contributed by atoms with Gasteiger partial charge in [0.25, 0.3) is 0 Å². The molecule has 1 N–H and O–H groups in total. The van der Waals surface area contributed by atoms with Gasteiger partial charge in [-0.1, -0.05) is 18.2 Å². The summed E-state index contributed by atoms with van der Waals surface area (Å²) in [6.07, 6.45) is 0. The number of hydrogen-bond donors (Lipinski definition) is 1. The molecule has 1 saturated heterocycles. The molecule has 1 heterocycles. The van der Waals surface area contributed by atoms with Gasteiger partial charge in [0.05, 0.1) is 14.2 Å². The molecule has 1 aliphatic rings. The largest absolute Gasteiger partial charge is 0.497 e. The highest BCUT2D eigenvalue weighted by Gasteiger charge is 2.31. The van der Waals surface area contributed by atoms with E-state index in [4.69, 9.17) is 9.47 Å². The Morgan fingerprint density at radius 3 is 2.31 bits per heavy atom. The van der Waals surface area contributed by atoms with Crippen molar-refractivity contribution in [3.8, 4) is 11.5 Å². The zero-order valence-electron chi connectivity index (χ0n) is 15.5. The minimum atomic E-state index is -0.0841. The maximum absolute atomic E-state index is 13.0. The van der Waals surface area contributed by atoms with Crippen LogP contribution in [-0.4, -0.2) is 37.4 Å². The van der Waals surface area contributed by atoms with E-state index >= 15 is 0 Å². The van der Waals surface area contributed by atoms with Gasteiger partial charge in [-0.25, -0.2) is 4.79 Å². The van der Waals surface area contributed by atoms with Crippen LogP contribution in [0.5, 0.6) is 11.5 Å². The fourth-order valence-electron chi connectivity index (χ4n) is 3.12. The fraction of sp³-hybridized carbons (Fsp3) is 0.350. The maximum Gasteiger partial charge on any atom is 0.323 e. The molecular formula is C20H24N2O3S. The SMILES string of the molecule is COc1cc(OC)cc([C@H]2SCCN2C(=O)Nc2c(C)cccc2C)c1. The lowest BCUT2D eigenvalue weighted by Gasteiger charge is -2.26. The third-order valence-corrected chi connectivity index (χ3v) is 5.78. The number of thioether (sulfide) groups is 1. The van der Waals surface area contributed by atoms with E-state index in [-0.39, 0.29) is 11.4 Å². The van der Waals surface area contributed by atoms with Crippen molar-refractivity contribution in [3.05, 3.63) is 53.1 Å². The number of nitrogens with one attached hydrogen (secondary N) is 1. The van der Waals surface area contributed by atoms with Crippen LogP contribution in [0.2, 0.25) is 0 Å². The van der Waals surface area contributed by atoms with E-state index in [1.54, 1.807) is 26.0 Å². The molecule has 0 bridgehead atoms. The van der Waals surface area contributed by atoms with E-state index in [9.17, 15) is 4.79 Å². The number of urea groups is 1. The molecule has 2 amide bonds. The van der Waals surface area contributed by atoms with Crippen molar-refractivity contribution in [3.63, 3.8) is 0 Å². The smallest absolute Gasteiger partial charge is 0.323 e. The summed E-state index contributed by atoms with van der Waals surface area (Å²) < 4.78 is 10.7. The van der Waals surface area contributed by atoms with E-state index in [1.807, 2.05) is 55.1 Å². The first-order valence-corrected chi connectivity index (χ1v) is 9.56. The van der Waals surface area contributed by atoms with Gasteiger partial charge in [-0.2, -0.15) is 0 Å². The minimum Gasteiger partial charge on any atom is -0.497 e. The standard InChI is InChI=1S/C20H24N2O3S/c1-13-6-5-7-14(2)18(13)21-20(23)22-8-9-26-19(22)15-10-16(24-3)12-17(11-15)25-4/h5-7,10-12,19H,8-9H2,1-4H3,(H,21,23)/t19-/m1/s1. The predicted octanol–water partition coefficient (Wildman–Crippen LogP) is 4.60. The van der Waals surface area contributed by atoms with Crippen LogP contribution in [0.25, 0.3) is 0 Å². The second-order valence-corrected chi connectivity index (χ2v) is 7.45. The lowest BCUT2D eigenvalue weighted by molar-refractivity contribution is 0.214. The number of benzene rings is 2. The second-order valence-electron chi connectivity index (χ2n) is 6.26. The van der Waals surface area contributed by atoms with Crippen molar-refractivity contribution in [1.29, 1.82) is 0 Å². The van der Waals surface area contributed by atoms with Crippen LogP contribution in [0.4, 0.5) is 10.5 Å². The molecule has 0 aliphatic carbocycles. The summed E-state index contributed by atoms with van der Waals surface area (Å²) in [5, 5.41) is 3.02. The molecule has 2 aromatic carbocycles. The van der Waals surface area contributed by atoms with Gasteiger partial charge >= 0.3 is 6.03 Å². The van der Waals surface area contributed by atoms with Crippen molar-refractivity contribution >= 4 is 23.5 Å². The monoisotopic (exact) mass is 372 g/mol. The quantitative estimate of drug-likeness (QED) is 0.852. The van der Waals surface area contributed by atoms with E-state index in [2.05, 4.69) is 5.32 Å². The Bertz CT molecular complexity index is 767. The Labute approximate surface area is 158 Å². The summed E-state index contributed by atoms with van der Waals surface area (Å²) in [6, 6.07) is 11.7. The summed E-state index contributed by atoms with van der Waals surface area (Å²) in [6.45, 7) is 4.71. The van der Waals surface area contributed by atoms with Crippen molar-refractivity contribution < 1.29 is 14.3 Å². The summed E-state index contributed by atoms with van der Waals surface area (Å²) in [7, 11) is 3.26. The molecule has 0 radical (unpaired) electrons. The van der Waals surface area contributed by atoms with Gasteiger partial charge in [-0.15, -0.1) is 11.8 Å². The summed E-state index contributed by atoms with van der Waals surface area (Å²) >= 11 is 1.74. The van der Waals surface area contributed by atoms with Gasteiger partial charge in [0.2, 0.25) is 0 Å². The Kier molecular flexibility index (Phi) is 5.61. The summed E-state index contributed by atoms with van der Waals surface area (Å²) in [4.78, 5) is 14.8. The van der Waals surface area contributed by atoms with Gasteiger partial charge in [0, 0.05) is 24.1 Å². The van der Waals surface area contributed by atoms with Gasteiger partial charge in [-0.3, -0.25) is 0 Å². The third-order valence-electron chi connectivity index (χ3n) is 4.52. The zero-order valence-corrected chi connectivity index (χ0v) is 16.4. The lowest BCUT2D eigenvalue weighted by Crippen LogP contribution is -2.34. The van der Waals surface area contributed by atoms with Crippen LogP contribution >= 0.6 is 11.8 Å². The number of anilines is 1. The number of amides is 2. The maximum atomic E-state index is 13.0. The normalized spacial score (nSPS) is 16.5. The van der Waals surface area contributed by atoms with Crippen LogP contribution in [0, 0.1) is 13.8 Å². The Balaban J connectivity index is 1.85. The molecule has 26 heavy (non-hydrogen) atoms. The predicted molar refractivity (Wildman–Crippen MR) is 106 cm³/mol. The average molecular weight is 372 g/mol. The van der Waals surface area contributed by atoms with Crippen molar-refractivity contribution in [2.75, 3.05) is 31.8 Å². The first-order valence-electron chi connectivity index (χ1n) is 8.52. The topological polar surface area (TPSA) is 50.8 Å². The first kappa shape index (κ1) is 18.5. The van der Waals surface area contributed by atoms with E-state index in [0.717, 1.165) is 39.6 Å². The number of aryl methyl sites for hydroxylation is 2. The number of hydrogen-bond acceptors (Lipinski definition) is 4. The Morgan fingerprint density at radius 1 is 1.12 bits per heavy atom. The Hall–Kier alpha value is -2.34. The highest BCUT2D eigenvalue weighted by atomic mass is 32.2. The summed E-state index contributed by atoms with van der Waals surface area (Å²) in [5.74, 6) is 2.34. The highest BCUT2D eigenvalue weighted by molar-refractivity contribution is 7.99. The third kappa shape index (κ3) is 3.75. The first-order chi connectivity index (χ1) is 12.5. The summed E-state index contributed by atoms with van der Waals surface area (Å²) in [5.41, 5.74) is 4.01. The lowest BCUT2D eigenvalue weighted by atomic mass is 10.1. The van der Waals surface area contributed by atoms with Crippen molar-refractivity contribution in [1.82, 2.24) is 4.90 Å². The zero-order chi connectivity index (χ0) is 18.7. The molecule has 6 heteroatoms. The van der Waals surface area contributed by atoms with Crippen LogP contribution < -0.4 is 14.8 Å². The highest BCUT2D eigenvalue weighted by Crippen LogP contribution is 2.41. The average Bonchev–Trinajstić information content (AvgIpc) is 3.14. The number of rotatable bonds is 4. The van der Waals surface area contributed by atoms with Gasteiger partial charge in [0.1, 0.15) is 16.9 Å². The molecule has 0 spiro atoms. The van der Waals surface area contributed by atoms with Crippen LogP contribution in [-0.2, 0) is 0 Å². The number of carbonyl (C=O) groups is 1. The molecule has 3 rings (SSSR count). The number of carbonyl (C=O) groups excluding carboxylic acids is 1. The number of methoxy groups -OCH3 is 2. The van der Waals surface area contributed by atoms with Crippen LogP contribution in [0.15, 0.2) is 36.4 Å².